The largest absolute Gasteiger partial charge is 0.355 e. The molecule has 0 saturated carbocycles. The van der Waals surface area contributed by atoms with Gasteiger partial charge in [-0.15, -0.1) is 0 Å². The molecule has 1 aliphatic heterocycles. The van der Waals surface area contributed by atoms with Crippen LogP contribution in [-0.2, 0) is 6.54 Å². The fourth-order valence-corrected chi connectivity index (χ4v) is 3.86. The summed E-state index contributed by atoms with van der Waals surface area (Å²) >= 11 is 0. The van der Waals surface area contributed by atoms with E-state index in [1.165, 1.54) is 24.3 Å². The Morgan fingerprint density at radius 1 is 1.15 bits per heavy atom. The van der Waals surface area contributed by atoms with Crippen LogP contribution < -0.4 is 5.32 Å². The zero-order valence-corrected chi connectivity index (χ0v) is 17.7. The number of likely N-dealkylation sites (tertiary alicyclic amines) is 1. The molecule has 1 amide bonds. The number of benzene rings is 2. The molecule has 0 aliphatic carbocycles. The quantitative estimate of drug-likeness (QED) is 0.423. The number of carbonyl (C=O) groups is 1. The third-order valence-electron chi connectivity index (χ3n) is 5.75. The predicted molar refractivity (Wildman–Crippen MR) is 115 cm³/mol. The first-order valence-corrected chi connectivity index (χ1v) is 10.5. The van der Waals surface area contributed by atoms with Crippen LogP contribution in [0.25, 0.3) is 11.3 Å². The second kappa shape index (κ2) is 9.86. The minimum Gasteiger partial charge on any atom is -0.355 e. The van der Waals surface area contributed by atoms with Crippen LogP contribution in [-0.4, -0.2) is 40.5 Å². The number of carbonyl (C=O) groups excluding carboxylic acids is 1. The number of rotatable bonds is 7. The van der Waals surface area contributed by atoms with Gasteiger partial charge in [-0.05, 0) is 49.5 Å². The fraction of sp³-hybridized carbons (Fsp3) is 0.304. The highest BCUT2D eigenvalue weighted by molar-refractivity contribution is 5.93. The van der Waals surface area contributed by atoms with E-state index in [4.69, 9.17) is 4.52 Å². The summed E-state index contributed by atoms with van der Waals surface area (Å²) in [6.45, 7) is 2.92. The molecule has 0 radical (unpaired) electrons. The van der Waals surface area contributed by atoms with E-state index in [1.54, 1.807) is 12.1 Å². The summed E-state index contributed by atoms with van der Waals surface area (Å²) < 4.78 is 32.0. The molecular formula is C23H22F2N4O4. The van der Waals surface area contributed by atoms with E-state index in [2.05, 4.69) is 15.4 Å². The molecule has 1 fully saturated rings. The number of amides is 1. The van der Waals surface area contributed by atoms with Gasteiger partial charge in [0, 0.05) is 37.4 Å². The van der Waals surface area contributed by atoms with Gasteiger partial charge in [0.1, 0.15) is 11.6 Å². The van der Waals surface area contributed by atoms with Crippen LogP contribution in [0.4, 0.5) is 14.5 Å². The highest BCUT2D eigenvalue weighted by Crippen LogP contribution is 2.24. The molecule has 3 aromatic rings. The third kappa shape index (κ3) is 5.58. The van der Waals surface area contributed by atoms with E-state index in [0.29, 0.717) is 12.5 Å². The average molecular weight is 456 g/mol. The van der Waals surface area contributed by atoms with Crippen molar-refractivity contribution in [2.45, 2.75) is 19.4 Å². The smallest absolute Gasteiger partial charge is 0.273 e. The fourth-order valence-electron chi connectivity index (χ4n) is 3.86. The van der Waals surface area contributed by atoms with Gasteiger partial charge < -0.3 is 9.84 Å². The lowest BCUT2D eigenvalue weighted by Gasteiger charge is -2.32. The molecule has 0 atom stereocenters. The molecule has 33 heavy (non-hydrogen) atoms. The second-order valence-electron chi connectivity index (χ2n) is 8.05. The monoisotopic (exact) mass is 456 g/mol. The number of hydrogen-bond acceptors (Lipinski definition) is 6. The standard InChI is InChI=1S/C23H22F2N4O4/c24-17-3-6-19(20(25)11-17)22-12-21(27-33-22)23(30)26-13-15-7-9-28(10-8-15)14-16-1-4-18(5-2-16)29(31)32/h1-6,11-12,15H,7-10,13-14H2,(H,26,30). The van der Waals surface area contributed by atoms with Crippen molar-refractivity contribution in [3.63, 3.8) is 0 Å². The van der Waals surface area contributed by atoms with Gasteiger partial charge in [0.05, 0.1) is 10.5 Å². The number of halogens is 2. The van der Waals surface area contributed by atoms with Crippen LogP contribution in [0.2, 0.25) is 0 Å². The van der Waals surface area contributed by atoms with Gasteiger partial charge in [-0.2, -0.15) is 0 Å². The Hall–Kier alpha value is -3.66. The summed E-state index contributed by atoms with van der Waals surface area (Å²) in [6.07, 6.45) is 1.80. The van der Waals surface area contributed by atoms with Gasteiger partial charge in [0.2, 0.25) is 0 Å². The molecule has 0 bridgehead atoms. The van der Waals surface area contributed by atoms with Crippen molar-refractivity contribution in [1.29, 1.82) is 0 Å². The van der Waals surface area contributed by atoms with E-state index in [-0.39, 0.29) is 22.7 Å². The minimum absolute atomic E-state index is 0.0309. The predicted octanol–water partition coefficient (Wildman–Crippen LogP) is 4.17. The lowest BCUT2D eigenvalue weighted by molar-refractivity contribution is -0.384. The first-order chi connectivity index (χ1) is 15.9. The molecule has 8 nitrogen and oxygen atoms in total. The number of nitro benzene ring substituents is 1. The van der Waals surface area contributed by atoms with Gasteiger partial charge in [0.25, 0.3) is 11.6 Å². The highest BCUT2D eigenvalue weighted by Gasteiger charge is 2.22. The number of hydrogen-bond donors (Lipinski definition) is 1. The number of nitrogens with one attached hydrogen (secondary N) is 1. The number of non-ortho nitro benzene ring substituents is 1. The topological polar surface area (TPSA) is 102 Å². The van der Waals surface area contributed by atoms with Gasteiger partial charge in [-0.1, -0.05) is 17.3 Å². The Balaban J connectivity index is 1.24. The molecule has 172 valence electrons. The van der Waals surface area contributed by atoms with Crippen molar-refractivity contribution in [2.75, 3.05) is 19.6 Å². The normalized spacial score (nSPS) is 14.8. The van der Waals surface area contributed by atoms with Crippen molar-refractivity contribution >= 4 is 11.6 Å². The Morgan fingerprint density at radius 2 is 1.88 bits per heavy atom. The first-order valence-electron chi connectivity index (χ1n) is 10.5. The number of nitro groups is 1. The Kier molecular flexibility index (Phi) is 6.74. The molecule has 10 heteroatoms. The Morgan fingerprint density at radius 3 is 2.55 bits per heavy atom. The van der Waals surface area contributed by atoms with E-state index in [1.807, 2.05) is 0 Å². The van der Waals surface area contributed by atoms with Crippen LogP contribution in [0.1, 0.15) is 28.9 Å². The first kappa shape index (κ1) is 22.5. The van der Waals surface area contributed by atoms with Gasteiger partial charge in [0.15, 0.2) is 11.5 Å². The molecule has 2 heterocycles. The van der Waals surface area contributed by atoms with Crippen molar-refractivity contribution in [3.05, 3.63) is 81.5 Å². The Labute approximate surface area is 188 Å². The zero-order valence-electron chi connectivity index (χ0n) is 17.7. The molecule has 0 unspecified atom stereocenters. The van der Waals surface area contributed by atoms with Gasteiger partial charge in [-0.3, -0.25) is 19.8 Å². The molecule has 2 aromatic carbocycles. The molecule has 1 aliphatic rings. The van der Waals surface area contributed by atoms with Crippen molar-refractivity contribution in [2.24, 2.45) is 5.92 Å². The summed E-state index contributed by atoms with van der Waals surface area (Å²) in [5.41, 5.74) is 1.16. The second-order valence-corrected chi connectivity index (χ2v) is 8.05. The maximum absolute atomic E-state index is 13.9. The highest BCUT2D eigenvalue weighted by atomic mass is 19.1. The SMILES string of the molecule is O=C(NCC1CCN(Cc2ccc([N+](=O)[O-])cc2)CC1)c1cc(-c2ccc(F)cc2F)on1. The third-order valence-corrected chi connectivity index (χ3v) is 5.75. The molecular weight excluding hydrogens is 434 g/mol. The van der Waals surface area contributed by atoms with Crippen LogP contribution in [0.3, 0.4) is 0 Å². The maximum atomic E-state index is 13.9. The molecule has 1 saturated heterocycles. The summed E-state index contributed by atoms with van der Waals surface area (Å²) in [5.74, 6) is -1.55. The van der Waals surface area contributed by atoms with Crippen molar-refractivity contribution in [1.82, 2.24) is 15.4 Å². The minimum atomic E-state index is -0.793. The number of piperidine rings is 1. The zero-order chi connectivity index (χ0) is 23.4. The Bertz CT molecular complexity index is 1140. The average Bonchev–Trinajstić information content (AvgIpc) is 3.29. The van der Waals surface area contributed by atoms with Crippen LogP contribution >= 0.6 is 0 Å². The lowest BCUT2D eigenvalue weighted by Crippen LogP contribution is -2.38. The van der Waals surface area contributed by atoms with Gasteiger partial charge in [-0.25, -0.2) is 8.78 Å². The maximum Gasteiger partial charge on any atom is 0.273 e. The molecule has 1 N–H and O–H groups in total. The van der Waals surface area contributed by atoms with Crippen molar-refractivity contribution < 1.29 is 23.0 Å². The number of aromatic nitrogens is 1. The lowest BCUT2D eigenvalue weighted by atomic mass is 9.96. The summed E-state index contributed by atoms with van der Waals surface area (Å²) in [4.78, 5) is 25.0. The summed E-state index contributed by atoms with van der Waals surface area (Å²) in [5, 5.41) is 17.3. The van der Waals surface area contributed by atoms with Crippen LogP contribution in [0.15, 0.2) is 53.1 Å². The molecule has 0 spiro atoms. The van der Waals surface area contributed by atoms with E-state index in [0.717, 1.165) is 50.2 Å². The molecule has 4 rings (SSSR count). The van der Waals surface area contributed by atoms with E-state index in [9.17, 15) is 23.7 Å². The summed E-state index contributed by atoms with van der Waals surface area (Å²) in [7, 11) is 0. The number of nitrogens with zero attached hydrogens (tertiary/aromatic N) is 3. The van der Waals surface area contributed by atoms with E-state index >= 15 is 0 Å². The van der Waals surface area contributed by atoms with Gasteiger partial charge >= 0.3 is 0 Å². The summed E-state index contributed by atoms with van der Waals surface area (Å²) in [6, 6.07) is 11.0. The van der Waals surface area contributed by atoms with Crippen LogP contribution in [0, 0.1) is 27.7 Å². The molecule has 1 aromatic heterocycles. The van der Waals surface area contributed by atoms with E-state index < -0.39 is 22.5 Å². The van der Waals surface area contributed by atoms with Crippen molar-refractivity contribution in [3.8, 4) is 11.3 Å². The van der Waals surface area contributed by atoms with Crippen LogP contribution in [0.5, 0.6) is 0 Å².